The van der Waals surface area contributed by atoms with Gasteiger partial charge in [-0.05, 0) is 12.1 Å². The van der Waals surface area contributed by atoms with Gasteiger partial charge in [-0.25, -0.2) is 4.98 Å². The molecule has 8 heteroatoms. The van der Waals surface area contributed by atoms with Crippen molar-refractivity contribution in [1.82, 2.24) is 19.3 Å². The van der Waals surface area contributed by atoms with E-state index in [1.807, 2.05) is 18.2 Å². The van der Waals surface area contributed by atoms with Crippen molar-refractivity contribution in [2.45, 2.75) is 6.54 Å². The Hall–Kier alpha value is -3.42. The predicted molar refractivity (Wildman–Crippen MR) is 87.6 cm³/mol. The molecule has 0 radical (unpaired) electrons. The third-order valence-electron chi connectivity index (χ3n) is 3.65. The maximum absolute atomic E-state index is 12.5. The highest BCUT2D eigenvalue weighted by Crippen LogP contribution is 2.23. The fourth-order valence-electron chi connectivity index (χ4n) is 2.57. The number of nitrogens with one attached hydrogen (secondary N) is 1. The first-order valence-electron chi connectivity index (χ1n) is 7.27. The van der Waals surface area contributed by atoms with Gasteiger partial charge in [0.1, 0.15) is 17.6 Å². The number of furan rings is 1. The fraction of sp³-hybridized carbons (Fsp3) is 0.125. The smallest absolute Gasteiger partial charge is 0.297 e. The molecule has 1 amide bonds. The number of carbonyl (C=O) groups excluding carboxylic acids is 1. The van der Waals surface area contributed by atoms with Gasteiger partial charge in [0.05, 0.1) is 18.2 Å². The number of carbonyl (C=O) groups is 1. The quantitative estimate of drug-likeness (QED) is 0.617. The molecule has 0 saturated carbocycles. The molecule has 8 nitrogen and oxygen atoms in total. The van der Waals surface area contributed by atoms with Crippen LogP contribution in [0.2, 0.25) is 0 Å². The maximum Gasteiger partial charge on any atom is 0.297 e. The highest BCUT2D eigenvalue weighted by atomic mass is 16.3. The Morgan fingerprint density at radius 1 is 1.33 bits per heavy atom. The van der Waals surface area contributed by atoms with Crippen LogP contribution in [0.3, 0.4) is 0 Å². The van der Waals surface area contributed by atoms with Gasteiger partial charge in [-0.15, -0.1) is 0 Å². The summed E-state index contributed by atoms with van der Waals surface area (Å²) < 4.78 is 8.38. The van der Waals surface area contributed by atoms with Crippen molar-refractivity contribution in [3.05, 3.63) is 53.3 Å². The molecule has 24 heavy (non-hydrogen) atoms. The van der Waals surface area contributed by atoms with E-state index < -0.39 is 5.56 Å². The largest absolute Gasteiger partial charge is 0.448 e. The Bertz CT molecular complexity index is 1120. The van der Waals surface area contributed by atoms with E-state index in [1.54, 1.807) is 24.0 Å². The Morgan fingerprint density at radius 3 is 2.96 bits per heavy atom. The van der Waals surface area contributed by atoms with E-state index >= 15 is 0 Å². The van der Waals surface area contributed by atoms with Crippen LogP contribution in [0, 0.1) is 0 Å². The number of amides is 1. The molecule has 0 saturated heterocycles. The molecule has 0 bridgehead atoms. The highest BCUT2D eigenvalue weighted by molar-refractivity contribution is 6.01. The number of hydrogen-bond donors (Lipinski definition) is 1. The van der Waals surface area contributed by atoms with Gasteiger partial charge in [0.25, 0.3) is 5.56 Å². The lowest BCUT2D eigenvalue weighted by molar-refractivity contribution is -0.116. The van der Waals surface area contributed by atoms with Crippen LogP contribution in [-0.4, -0.2) is 25.2 Å². The number of rotatable bonds is 3. The van der Waals surface area contributed by atoms with E-state index in [0.29, 0.717) is 16.8 Å². The monoisotopic (exact) mass is 323 g/mol. The van der Waals surface area contributed by atoms with Crippen molar-refractivity contribution < 1.29 is 9.21 Å². The van der Waals surface area contributed by atoms with Crippen molar-refractivity contribution in [1.29, 1.82) is 0 Å². The van der Waals surface area contributed by atoms with Crippen LogP contribution in [0.1, 0.15) is 0 Å². The summed E-state index contributed by atoms with van der Waals surface area (Å²) in [5.74, 6) is -0.345. The minimum Gasteiger partial charge on any atom is -0.448 e. The second-order valence-corrected chi connectivity index (χ2v) is 5.40. The second kappa shape index (κ2) is 5.34. The molecule has 1 N–H and O–H groups in total. The van der Waals surface area contributed by atoms with Gasteiger partial charge in [-0.1, -0.05) is 12.1 Å². The Balaban J connectivity index is 1.67. The molecule has 0 aliphatic carbocycles. The van der Waals surface area contributed by atoms with E-state index in [2.05, 4.69) is 15.4 Å². The topological polar surface area (TPSA) is 95.0 Å². The number of para-hydroxylation sites is 1. The first-order valence-corrected chi connectivity index (χ1v) is 7.27. The molecule has 3 heterocycles. The van der Waals surface area contributed by atoms with Crippen LogP contribution in [0.4, 0.5) is 5.69 Å². The summed E-state index contributed by atoms with van der Waals surface area (Å²) in [6.45, 7) is -0.159. The number of nitrogens with zero attached hydrogens (tertiary/aromatic N) is 4. The van der Waals surface area contributed by atoms with Crippen molar-refractivity contribution in [2.24, 2.45) is 7.05 Å². The zero-order valence-electron chi connectivity index (χ0n) is 12.8. The number of aryl methyl sites for hydroxylation is 1. The van der Waals surface area contributed by atoms with E-state index in [9.17, 15) is 9.59 Å². The second-order valence-electron chi connectivity index (χ2n) is 5.40. The fourth-order valence-corrected chi connectivity index (χ4v) is 2.57. The van der Waals surface area contributed by atoms with E-state index in [-0.39, 0.29) is 18.0 Å². The molecule has 3 aromatic heterocycles. The number of anilines is 1. The van der Waals surface area contributed by atoms with Gasteiger partial charge in [0, 0.05) is 18.6 Å². The number of benzene rings is 1. The van der Waals surface area contributed by atoms with E-state index in [0.717, 1.165) is 5.39 Å². The molecule has 4 rings (SSSR count). The molecule has 0 spiro atoms. The molecule has 0 unspecified atom stereocenters. The summed E-state index contributed by atoms with van der Waals surface area (Å²) in [6, 6.07) is 7.29. The van der Waals surface area contributed by atoms with Gasteiger partial charge in [-0.3, -0.25) is 18.8 Å². The standard InChI is InChI=1S/C16H13N5O3/c1-20-7-10(6-18-20)19-13(22)8-21-9-17-14-11-4-2-3-5-12(11)24-15(14)16(21)23/h2-7,9H,8H2,1H3,(H,19,22). The molecule has 0 aliphatic rings. The van der Waals surface area contributed by atoms with Crippen molar-refractivity contribution in [2.75, 3.05) is 5.32 Å². The lowest BCUT2D eigenvalue weighted by Gasteiger charge is -2.04. The number of aromatic nitrogens is 4. The first kappa shape index (κ1) is 14.2. The molecule has 1 aromatic carbocycles. The zero-order valence-corrected chi connectivity index (χ0v) is 12.8. The Morgan fingerprint density at radius 2 is 2.17 bits per heavy atom. The van der Waals surface area contributed by atoms with Gasteiger partial charge < -0.3 is 9.73 Å². The average Bonchev–Trinajstić information content (AvgIpc) is 3.14. The van der Waals surface area contributed by atoms with Crippen LogP contribution >= 0.6 is 0 Å². The van der Waals surface area contributed by atoms with Crippen LogP contribution in [0.25, 0.3) is 22.1 Å². The van der Waals surface area contributed by atoms with Crippen LogP contribution in [0.15, 0.2) is 52.2 Å². The Labute approximate surface area is 135 Å². The van der Waals surface area contributed by atoms with Gasteiger partial charge in [0.15, 0.2) is 0 Å². The van der Waals surface area contributed by atoms with Gasteiger partial charge >= 0.3 is 0 Å². The summed E-state index contributed by atoms with van der Waals surface area (Å²) in [5, 5.41) is 7.41. The molecular weight excluding hydrogens is 310 g/mol. The Kier molecular flexibility index (Phi) is 3.16. The van der Waals surface area contributed by atoms with Gasteiger partial charge in [-0.2, -0.15) is 5.10 Å². The van der Waals surface area contributed by atoms with Crippen LogP contribution in [-0.2, 0) is 18.4 Å². The lowest BCUT2D eigenvalue weighted by Crippen LogP contribution is -2.27. The van der Waals surface area contributed by atoms with Crippen molar-refractivity contribution in [3.63, 3.8) is 0 Å². The normalized spacial score (nSPS) is 11.2. The zero-order chi connectivity index (χ0) is 16.7. The summed E-state index contributed by atoms with van der Waals surface area (Å²) in [7, 11) is 1.75. The van der Waals surface area contributed by atoms with E-state index in [1.165, 1.54) is 17.1 Å². The first-order chi connectivity index (χ1) is 11.6. The molecule has 4 aromatic rings. The predicted octanol–water partition coefficient (Wildman–Crippen LogP) is 1.51. The van der Waals surface area contributed by atoms with Crippen LogP contribution in [0.5, 0.6) is 0 Å². The van der Waals surface area contributed by atoms with Crippen molar-refractivity contribution in [3.8, 4) is 0 Å². The summed E-state index contributed by atoms with van der Waals surface area (Å²) in [6.07, 6.45) is 4.55. The van der Waals surface area contributed by atoms with Gasteiger partial charge in [0.2, 0.25) is 11.5 Å². The molecule has 0 fully saturated rings. The maximum atomic E-state index is 12.5. The summed E-state index contributed by atoms with van der Waals surface area (Å²) in [4.78, 5) is 28.9. The third kappa shape index (κ3) is 2.34. The lowest BCUT2D eigenvalue weighted by atomic mass is 10.2. The van der Waals surface area contributed by atoms with Crippen molar-refractivity contribution >= 4 is 33.7 Å². The molecule has 120 valence electrons. The number of fused-ring (bicyclic) bond motifs is 3. The van der Waals surface area contributed by atoms with Crippen LogP contribution < -0.4 is 10.9 Å². The SMILES string of the molecule is Cn1cc(NC(=O)Cn2cnc3c(oc4ccccc43)c2=O)cn1. The third-order valence-corrected chi connectivity index (χ3v) is 3.65. The average molecular weight is 323 g/mol. The van der Waals surface area contributed by atoms with E-state index in [4.69, 9.17) is 4.42 Å². The number of hydrogen-bond acceptors (Lipinski definition) is 5. The minimum atomic E-state index is -0.391. The molecule has 0 atom stereocenters. The molecular formula is C16H13N5O3. The minimum absolute atomic E-state index is 0.146. The highest BCUT2D eigenvalue weighted by Gasteiger charge is 2.14. The molecule has 0 aliphatic heterocycles. The summed E-state index contributed by atoms with van der Waals surface area (Å²) >= 11 is 0. The summed E-state index contributed by atoms with van der Waals surface area (Å²) in [5.41, 5.74) is 1.41.